The van der Waals surface area contributed by atoms with Crippen LogP contribution in [-0.4, -0.2) is 41.8 Å². The Bertz CT molecular complexity index is 604. The SMILES string of the molecule is OC1CC2CC[NH+]3Cc4cc5c(cc4C(C1O)C23)OCO5. The summed E-state index contributed by atoms with van der Waals surface area (Å²) in [5.74, 6) is 2.14. The molecular weight excluding hydrogens is 270 g/mol. The number of fused-ring (bicyclic) bond motifs is 3. The molecule has 4 aliphatic rings. The molecular formula is C16H20NO4+. The Morgan fingerprint density at radius 1 is 1.14 bits per heavy atom. The predicted octanol–water partition coefficient (Wildman–Crippen LogP) is -0.589. The van der Waals surface area contributed by atoms with E-state index in [0.717, 1.165) is 43.0 Å². The number of nitrogens with one attached hydrogen (secondary N) is 1. The van der Waals surface area contributed by atoms with E-state index in [1.807, 2.05) is 6.07 Å². The number of aliphatic hydroxyl groups excluding tert-OH is 2. The van der Waals surface area contributed by atoms with Gasteiger partial charge in [-0.3, -0.25) is 0 Å². The maximum absolute atomic E-state index is 10.6. The van der Waals surface area contributed by atoms with Crippen LogP contribution in [0.2, 0.25) is 0 Å². The highest BCUT2D eigenvalue weighted by Crippen LogP contribution is 2.45. The summed E-state index contributed by atoms with van der Waals surface area (Å²) in [6.07, 6.45) is 0.623. The molecule has 1 aromatic rings. The predicted molar refractivity (Wildman–Crippen MR) is 73.4 cm³/mol. The van der Waals surface area contributed by atoms with Gasteiger partial charge in [0.05, 0.1) is 24.7 Å². The van der Waals surface area contributed by atoms with Gasteiger partial charge in [0.15, 0.2) is 11.5 Å². The average molecular weight is 290 g/mol. The largest absolute Gasteiger partial charge is 0.454 e. The first kappa shape index (κ1) is 12.3. The molecule has 0 spiro atoms. The van der Waals surface area contributed by atoms with Gasteiger partial charge in [0.25, 0.3) is 0 Å². The molecule has 0 radical (unpaired) electrons. The van der Waals surface area contributed by atoms with Gasteiger partial charge >= 0.3 is 0 Å². The highest BCUT2D eigenvalue weighted by Gasteiger charge is 2.55. The van der Waals surface area contributed by atoms with E-state index in [9.17, 15) is 10.2 Å². The second-order valence-corrected chi connectivity index (χ2v) is 6.88. The highest BCUT2D eigenvalue weighted by molar-refractivity contribution is 5.51. The van der Waals surface area contributed by atoms with Crippen molar-refractivity contribution in [2.75, 3.05) is 13.3 Å². The lowest BCUT2D eigenvalue weighted by Crippen LogP contribution is -3.14. The zero-order valence-electron chi connectivity index (χ0n) is 11.8. The normalized spacial score (nSPS) is 42.6. The van der Waals surface area contributed by atoms with Crippen LogP contribution in [0.5, 0.6) is 11.5 Å². The number of benzene rings is 1. The molecule has 1 aliphatic carbocycles. The zero-order valence-corrected chi connectivity index (χ0v) is 11.8. The van der Waals surface area contributed by atoms with Gasteiger partial charge in [-0.25, -0.2) is 0 Å². The quantitative estimate of drug-likeness (QED) is 0.598. The molecule has 5 rings (SSSR count). The van der Waals surface area contributed by atoms with Gasteiger partial charge in [-0.15, -0.1) is 0 Å². The molecule has 0 bridgehead atoms. The lowest BCUT2D eigenvalue weighted by molar-refractivity contribution is -0.933. The van der Waals surface area contributed by atoms with Crippen LogP contribution in [0.15, 0.2) is 12.1 Å². The smallest absolute Gasteiger partial charge is 0.231 e. The summed E-state index contributed by atoms with van der Waals surface area (Å²) >= 11 is 0. The lowest BCUT2D eigenvalue weighted by Gasteiger charge is -2.45. The van der Waals surface area contributed by atoms with Crippen molar-refractivity contribution < 1.29 is 24.6 Å². The van der Waals surface area contributed by atoms with E-state index >= 15 is 0 Å². The van der Waals surface area contributed by atoms with E-state index in [2.05, 4.69) is 6.07 Å². The molecule has 3 heterocycles. The van der Waals surface area contributed by atoms with Crippen molar-refractivity contribution in [3.05, 3.63) is 23.3 Å². The van der Waals surface area contributed by atoms with E-state index in [-0.39, 0.29) is 12.7 Å². The van der Waals surface area contributed by atoms with Crippen LogP contribution in [0.4, 0.5) is 0 Å². The Morgan fingerprint density at radius 2 is 1.95 bits per heavy atom. The molecule has 5 nitrogen and oxygen atoms in total. The number of ether oxygens (including phenoxy) is 2. The summed E-state index contributed by atoms with van der Waals surface area (Å²) in [5.41, 5.74) is 2.40. The van der Waals surface area contributed by atoms with Gasteiger partial charge in [0.1, 0.15) is 12.6 Å². The fraction of sp³-hybridized carbons (Fsp3) is 0.625. The molecule has 3 N–H and O–H groups in total. The van der Waals surface area contributed by atoms with Crippen molar-refractivity contribution in [2.45, 2.75) is 43.6 Å². The van der Waals surface area contributed by atoms with E-state index in [4.69, 9.17) is 9.47 Å². The van der Waals surface area contributed by atoms with Crippen molar-refractivity contribution in [1.29, 1.82) is 0 Å². The number of rotatable bonds is 0. The van der Waals surface area contributed by atoms with Crippen LogP contribution in [-0.2, 0) is 6.54 Å². The highest BCUT2D eigenvalue weighted by atomic mass is 16.7. The van der Waals surface area contributed by atoms with Crippen LogP contribution in [0.25, 0.3) is 0 Å². The van der Waals surface area contributed by atoms with Crippen molar-refractivity contribution in [2.24, 2.45) is 5.92 Å². The first-order valence-corrected chi connectivity index (χ1v) is 7.85. The standard InChI is InChI=1S/C16H19NO4/c18-11-3-8-1-2-17-6-9-4-12-13(21-7-20-12)5-10(9)14(15(8)17)16(11)19/h4-5,8,11,14-16,18-19H,1-3,6-7H2/p+1. The molecule has 1 aromatic carbocycles. The Balaban J connectivity index is 1.66. The van der Waals surface area contributed by atoms with E-state index in [1.54, 1.807) is 4.90 Å². The number of hydrogen-bond donors (Lipinski definition) is 3. The molecule has 2 fully saturated rings. The molecule has 6 unspecified atom stereocenters. The summed E-state index contributed by atoms with van der Waals surface area (Å²) in [5, 5.41) is 20.8. The van der Waals surface area contributed by atoms with Crippen LogP contribution >= 0.6 is 0 Å². The Hall–Kier alpha value is -1.30. The fourth-order valence-electron chi connectivity index (χ4n) is 5.05. The molecule has 112 valence electrons. The third-order valence-corrected chi connectivity index (χ3v) is 5.92. The van der Waals surface area contributed by atoms with Crippen LogP contribution < -0.4 is 14.4 Å². The van der Waals surface area contributed by atoms with Gasteiger partial charge in [-0.05, 0) is 24.1 Å². The third kappa shape index (κ3) is 1.57. The number of hydrogen-bond acceptors (Lipinski definition) is 4. The van der Waals surface area contributed by atoms with Gasteiger partial charge < -0.3 is 24.6 Å². The van der Waals surface area contributed by atoms with Crippen molar-refractivity contribution >= 4 is 0 Å². The maximum Gasteiger partial charge on any atom is 0.231 e. The van der Waals surface area contributed by atoms with Gasteiger partial charge in [-0.2, -0.15) is 0 Å². The molecule has 5 heteroatoms. The van der Waals surface area contributed by atoms with Crippen molar-refractivity contribution in [1.82, 2.24) is 0 Å². The van der Waals surface area contributed by atoms with Crippen LogP contribution in [0.3, 0.4) is 0 Å². The molecule has 0 amide bonds. The summed E-state index contributed by atoms with van der Waals surface area (Å²) in [4.78, 5) is 1.56. The van der Waals surface area contributed by atoms with Crippen molar-refractivity contribution in [3.8, 4) is 11.5 Å². The van der Waals surface area contributed by atoms with Gasteiger partial charge in [0.2, 0.25) is 6.79 Å². The topological polar surface area (TPSA) is 63.4 Å². The minimum absolute atomic E-state index is 0.0227. The van der Waals surface area contributed by atoms with Gasteiger partial charge in [0, 0.05) is 17.9 Å². The van der Waals surface area contributed by atoms with Crippen LogP contribution in [0.1, 0.15) is 29.9 Å². The van der Waals surface area contributed by atoms with E-state index < -0.39 is 12.2 Å². The lowest BCUT2D eigenvalue weighted by atomic mass is 9.68. The first-order chi connectivity index (χ1) is 10.2. The maximum atomic E-state index is 10.6. The summed E-state index contributed by atoms with van der Waals surface area (Å²) in [7, 11) is 0. The number of quaternary nitrogens is 1. The number of aliphatic hydroxyl groups is 2. The minimum atomic E-state index is -0.668. The molecule has 21 heavy (non-hydrogen) atoms. The Morgan fingerprint density at radius 3 is 2.81 bits per heavy atom. The summed E-state index contributed by atoms with van der Waals surface area (Å²) < 4.78 is 11.0. The second kappa shape index (κ2) is 4.12. The fourth-order valence-corrected chi connectivity index (χ4v) is 5.05. The van der Waals surface area contributed by atoms with E-state index in [0.29, 0.717) is 12.0 Å². The van der Waals surface area contributed by atoms with E-state index in [1.165, 1.54) is 5.56 Å². The summed E-state index contributed by atoms with van der Waals surface area (Å²) in [6, 6.07) is 4.55. The molecule has 0 aromatic heterocycles. The average Bonchev–Trinajstić information content (AvgIpc) is 3.08. The first-order valence-electron chi connectivity index (χ1n) is 7.85. The third-order valence-electron chi connectivity index (χ3n) is 5.92. The molecule has 3 aliphatic heterocycles. The molecule has 6 atom stereocenters. The summed E-state index contributed by atoms with van der Waals surface area (Å²) in [6.45, 7) is 2.41. The monoisotopic (exact) mass is 290 g/mol. The van der Waals surface area contributed by atoms with Gasteiger partial charge in [-0.1, -0.05) is 0 Å². The second-order valence-electron chi connectivity index (χ2n) is 6.88. The Kier molecular flexibility index (Phi) is 2.41. The minimum Gasteiger partial charge on any atom is -0.454 e. The molecule has 1 saturated heterocycles. The zero-order chi connectivity index (χ0) is 14.1. The Labute approximate surface area is 123 Å². The van der Waals surface area contributed by atoms with Crippen molar-refractivity contribution in [3.63, 3.8) is 0 Å². The van der Waals surface area contributed by atoms with Crippen LogP contribution in [0, 0.1) is 5.92 Å². The molecule has 1 saturated carbocycles.